The number of aromatic nitrogens is 2. The summed E-state index contributed by atoms with van der Waals surface area (Å²) in [7, 11) is 0. The lowest BCUT2D eigenvalue weighted by Crippen LogP contribution is -2.37. The molecule has 2 N–H and O–H groups in total. The van der Waals surface area contributed by atoms with Crippen molar-refractivity contribution in [1.29, 1.82) is 0 Å². The van der Waals surface area contributed by atoms with Crippen LogP contribution in [0.1, 0.15) is 11.1 Å². The van der Waals surface area contributed by atoms with E-state index in [-0.39, 0.29) is 24.8 Å². The molecule has 2 amide bonds. The molecule has 3 aromatic rings. The maximum Gasteiger partial charge on any atom is 0.239 e. The first kappa shape index (κ1) is 17.4. The first-order valence-corrected chi connectivity index (χ1v) is 8.37. The minimum atomic E-state index is -0.212. The second-order valence-corrected chi connectivity index (χ2v) is 5.83. The number of nitrogens with one attached hydrogen (secondary N) is 2. The summed E-state index contributed by atoms with van der Waals surface area (Å²) in [5.74, 6) is -0.400. The molecule has 0 aliphatic heterocycles. The van der Waals surface area contributed by atoms with Crippen LogP contribution in [0.15, 0.2) is 73.1 Å². The van der Waals surface area contributed by atoms with E-state index in [1.165, 1.54) is 0 Å². The maximum absolute atomic E-state index is 12.0. The molecule has 0 saturated carbocycles. The van der Waals surface area contributed by atoms with Gasteiger partial charge < -0.3 is 10.6 Å². The highest BCUT2D eigenvalue weighted by molar-refractivity contribution is 5.85. The van der Waals surface area contributed by atoms with Gasteiger partial charge in [-0.15, -0.1) is 0 Å². The van der Waals surface area contributed by atoms with E-state index in [1.54, 1.807) is 10.9 Å². The molecular weight excluding hydrogens is 328 g/mol. The van der Waals surface area contributed by atoms with Gasteiger partial charge in [0.25, 0.3) is 0 Å². The van der Waals surface area contributed by atoms with Crippen molar-refractivity contribution < 1.29 is 9.59 Å². The minimum absolute atomic E-state index is 0.0307. The predicted octanol–water partition coefficient (Wildman–Crippen LogP) is 1.85. The zero-order chi connectivity index (χ0) is 18.2. The van der Waals surface area contributed by atoms with Gasteiger partial charge in [0.2, 0.25) is 11.8 Å². The zero-order valence-electron chi connectivity index (χ0n) is 14.3. The van der Waals surface area contributed by atoms with Crippen molar-refractivity contribution >= 4 is 11.8 Å². The molecule has 2 aromatic carbocycles. The van der Waals surface area contributed by atoms with E-state index in [0.29, 0.717) is 6.54 Å². The standard InChI is InChI=1S/C20H20N4O2/c25-19(22-15-20(26)21-14-17-5-2-1-3-6-17)13-16-7-9-18(10-8-16)24-12-4-11-23-24/h1-12H,13-15H2,(H,21,26)(H,22,25). The molecule has 0 radical (unpaired) electrons. The fourth-order valence-electron chi connectivity index (χ4n) is 2.47. The van der Waals surface area contributed by atoms with Crippen molar-refractivity contribution in [2.24, 2.45) is 0 Å². The third kappa shape index (κ3) is 5.04. The van der Waals surface area contributed by atoms with Gasteiger partial charge in [-0.1, -0.05) is 42.5 Å². The quantitative estimate of drug-likeness (QED) is 0.684. The molecule has 0 aliphatic rings. The number of amides is 2. The van der Waals surface area contributed by atoms with Gasteiger partial charge in [0.1, 0.15) is 0 Å². The molecule has 3 rings (SSSR count). The van der Waals surface area contributed by atoms with Crippen molar-refractivity contribution in [2.45, 2.75) is 13.0 Å². The molecule has 1 heterocycles. The van der Waals surface area contributed by atoms with E-state index in [2.05, 4.69) is 15.7 Å². The van der Waals surface area contributed by atoms with Crippen LogP contribution < -0.4 is 10.6 Å². The number of nitrogens with zero attached hydrogens (tertiary/aromatic N) is 2. The van der Waals surface area contributed by atoms with Crippen LogP contribution in [0.2, 0.25) is 0 Å². The lowest BCUT2D eigenvalue weighted by molar-refractivity contribution is -0.125. The Morgan fingerprint density at radius 3 is 2.31 bits per heavy atom. The summed E-state index contributed by atoms with van der Waals surface area (Å²) in [6.07, 6.45) is 3.80. The number of hydrogen-bond donors (Lipinski definition) is 2. The summed E-state index contributed by atoms with van der Waals surface area (Å²) in [5.41, 5.74) is 2.83. The minimum Gasteiger partial charge on any atom is -0.350 e. The SMILES string of the molecule is O=C(CNC(=O)Cc1ccc(-n2cccn2)cc1)NCc1ccccc1. The van der Waals surface area contributed by atoms with E-state index < -0.39 is 0 Å². The fourth-order valence-corrected chi connectivity index (χ4v) is 2.47. The smallest absolute Gasteiger partial charge is 0.239 e. The first-order valence-electron chi connectivity index (χ1n) is 8.37. The Labute approximate surface area is 151 Å². The molecule has 0 aliphatic carbocycles. The molecule has 1 aromatic heterocycles. The lowest BCUT2D eigenvalue weighted by atomic mass is 10.1. The number of carbonyl (C=O) groups is 2. The van der Waals surface area contributed by atoms with Crippen molar-refractivity contribution in [3.05, 3.63) is 84.2 Å². The molecule has 6 heteroatoms. The van der Waals surface area contributed by atoms with Crippen molar-refractivity contribution in [3.63, 3.8) is 0 Å². The van der Waals surface area contributed by atoms with Gasteiger partial charge >= 0.3 is 0 Å². The average molecular weight is 348 g/mol. The second kappa shape index (κ2) is 8.62. The van der Waals surface area contributed by atoms with E-state index in [4.69, 9.17) is 0 Å². The maximum atomic E-state index is 12.0. The topological polar surface area (TPSA) is 76.0 Å². The van der Waals surface area contributed by atoms with Crippen LogP contribution in [0.3, 0.4) is 0 Å². The van der Waals surface area contributed by atoms with Crippen LogP contribution in [0, 0.1) is 0 Å². The van der Waals surface area contributed by atoms with Gasteiger partial charge in [0.05, 0.1) is 18.7 Å². The van der Waals surface area contributed by atoms with Gasteiger partial charge in [-0.3, -0.25) is 9.59 Å². The number of benzene rings is 2. The highest BCUT2D eigenvalue weighted by atomic mass is 16.2. The normalized spacial score (nSPS) is 10.3. The Morgan fingerprint density at radius 1 is 0.846 bits per heavy atom. The summed E-state index contributed by atoms with van der Waals surface area (Å²) >= 11 is 0. The Balaban J connectivity index is 1.41. The van der Waals surface area contributed by atoms with Crippen molar-refractivity contribution in [2.75, 3.05) is 6.54 Å². The summed E-state index contributed by atoms with van der Waals surface area (Å²) in [6.45, 7) is 0.418. The van der Waals surface area contributed by atoms with Crippen LogP contribution in [0.4, 0.5) is 0 Å². The Morgan fingerprint density at radius 2 is 1.62 bits per heavy atom. The summed E-state index contributed by atoms with van der Waals surface area (Å²) in [4.78, 5) is 23.8. The van der Waals surface area contributed by atoms with Crippen LogP contribution in [0.5, 0.6) is 0 Å². The molecule has 0 spiro atoms. The van der Waals surface area contributed by atoms with Gasteiger partial charge in [-0.05, 0) is 29.3 Å². The van der Waals surface area contributed by atoms with Crippen molar-refractivity contribution in [3.8, 4) is 5.69 Å². The Hall–Kier alpha value is -3.41. The Bertz CT molecular complexity index is 843. The molecule has 0 fully saturated rings. The molecule has 0 unspecified atom stereocenters. The van der Waals surface area contributed by atoms with Crippen molar-refractivity contribution in [1.82, 2.24) is 20.4 Å². The number of rotatable bonds is 7. The van der Waals surface area contributed by atoms with E-state index >= 15 is 0 Å². The van der Waals surface area contributed by atoms with E-state index in [1.807, 2.05) is 66.9 Å². The van der Waals surface area contributed by atoms with Crippen LogP contribution in [0.25, 0.3) is 5.69 Å². The van der Waals surface area contributed by atoms with E-state index in [0.717, 1.165) is 16.8 Å². The molecule has 0 atom stereocenters. The van der Waals surface area contributed by atoms with Crippen LogP contribution in [-0.2, 0) is 22.6 Å². The monoisotopic (exact) mass is 348 g/mol. The summed E-state index contributed by atoms with van der Waals surface area (Å²) in [5, 5.41) is 9.58. The third-order valence-electron chi connectivity index (χ3n) is 3.85. The summed E-state index contributed by atoms with van der Waals surface area (Å²) in [6, 6.07) is 19.1. The Kier molecular flexibility index (Phi) is 5.77. The predicted molar refractivity (Wildman–Crippen MR) is 98.6 cm³/mol. The van der Waals surface area contributed by atoms with Gasteiger partial charge in [0.15, 0.2) is 0 Å². The molecule has 0 bridgehead atoms. The lowest BCUT2D eigenvalue weighted by Gasteiger charge is -2.08. The zero-order valence-corrected chi connectivity index (χ0v) is 14.3. The van der Waals surface area contributed by atoms with Gasteiger partial charge in [-0.2, -0.15) is 5.10 Å². The van der Waals surface area contributed by atoms with E-state index in [9.17, 15) is 9.59 Å². The van der Waals surface area contributed by atoms with Gasteiger partial charge in [-0.25, -0.2) is 4.68 Å². The van der Waals surface area contributed by atoms with Crippen LogP contribution in [-0.4, -0.2) is 28.1 Å². The molecular formula is C20H20N4O2. The highest BCUT2D eigenvalue weighted by Crippen LogP contribution is 2.09. The number of hydrogen-bond acceptors (Lipinski definition) is 3. The molecule has 0 saturated heterocycles. The van der Waals surface area contributed by atoms with Gasteiger partial charge in [0, 0.05) is 18.9 Å². The fraction of sp³-hybridized carbons (Fsp3) is 0.150. The number of carbonyl (C=O) groups excluding carboxylic acids is 2. The third-order valence-corrected chi connectivity index (χ3v) is 3.85. The molecule has 26 heavy (non-hydrogen) atoms. The second-order valence-electron chi connectivity index (χ2n) is 5.83. The average Bonchev–Trinajstić information content (AvgIpc) is 3.21. The van der Waals surface area contributed by atoms with Crippen LogP contribution >= 0.6 is 0 Å². The first-order chi connectivity index (χ1) is 12.7. The molecule has 132 valence electrons. The summed E-state index contributed by atoms with van der Waals surface area (Å²) < 4.78 is 1.75. The highest BCUT2D eigenvalue weighted by Gasteiger charge is 2.07. The largest absolute Gasteiger partial charge is 0.350 e. The molecule has 6 nitrogen and oxygen atoms in total.